The van der Waals surface area contributed by atoms with E-state index >= 15 is 0 Å². The third-order valence-corrected chi connectivity index (χ3v) is 7.15. The van der Waals surface area contributed by atoms with Gasteiger partial charge < -0.3 is 15.1 Å². The van der Waals surface area contributed by atoms with E-state index in [9.17, 15) is 4.79 Å². The van der Waals surface area contributed by atoms with Gasteiger partial charge in [-0.1, -0.05) is 37.3 Å². The SMILES string of the molecule is O=C(c1ccc(NC2CCCCC2)c(Cl)c1)N1CCC(N2CCCCC2)CC1. The third kappa shape index (κ3) is 4.83. The standard InChI is InChI=1S/C23H34ClN3O/c24-21-17-18(9-10-22(21)25-19-7-3-1-4-8-19)23(28)27-15-11-20(12-16-27)26-13-5-2-6-14-26/h9-10,17,19-20,25H,1-8,11-16H2. The monoisotopic (exact) mass is 403 g/mol. The van der Waals surface area contributed by atoms with Crippen LogP contribution in [0.2, 0.25) is 5.02 Å². The first-order valence-electron chi connectivity index (χ1n) is 11.3. The van der Waals surface area contributed by atoms with Crippen molar-refractivity contribution in [2.45, 2.75) is 76.3 Å². The molecule has 1 aliphatic carbocycles. The maximum absolute atomic E-state index is 13.0. The molecule has 154 valence electrons. The Kier molecular flexibility index (Phi) is 6.79. The van der Waals surface area contributed by atoms with Crippen LogP contribution in [0.4, 0.5) is 5.69 Å². The topological polar surface area (TPSA) is 35.6 Å². The maximum atomic E-state index is 13.0. The number of nitrogens with one attached hydrogen (secondary N) is 1. The van der Waals surface area contributed by atoms with Crippen LogP contribution in [0.15, 0.2) is 18.2 Å². The van der Waals surface area contributed by atoms with Gasteiger partial charge in [-0.15, -0.1) is 0 Å². The van der Waals surface area contributed by atoms with E-state index in [1.807, 2.05) is 23.1 Å². The van der Waals surface area contributed by atoms with E-state index in [4.69, 9.17) is 11.6 Å². The summed E-state index contributed by atoms with van der Waals surface area (Å²) in [4.78, 5) is 17.6. The number of piperidine rings is 2. The van der Waals surface area contributed by atoms with Gasteiger partial charge in [-0.2, -0.15) is 0 Å². The van der Waals surface area contributed by atoms with Crippen LogP contribution >= 0.6 is 11.6 Å². The molecule has 3 aliphatic rings. The largest absolute Gasteiger partial charge is 0.381 e. The van der Waals surface area contributed by atoms with Crippen molar-refractivity contribution in [3.05, 3.63) is 28.8 Å². The third-order valence-electron chi connectivity index (χ3n) is 6.84. The summed E-state index contributed by atoms with van der Waals surface area (Å²) < 4.78 is 0. The second kappa shape index (κ2) is 9.49. The summed E-state index contributed by atoms with van der Waals surface area (Å²) >= 11 is 6.52. The fraction of sp³-hybridized carbons (Fsp3) is 0.696. The lowest BCUT2D eigenvalue weighted by Gasteiger charge is -2.40. The number of likely N-dealkylation sites (tertiary alicyclic amines) is 2. The minimum absolute atomic E-state index is 0.128. The zero-order valence-corrected chi connectivity index (χ0v) is 17.7. The predicted molar refractivity (Wildman–Crippen MR) is 116 cm³/mol. The van der Waals surface area contributed by atoms with Crippen molar-refractivity contribution >= 4 is 23.2 Å². The Bertz CT molecular complexity index is 660. The van der Waals surface area contributed by atoms with E-state index < -0.39 is 0 Å². The zero-order valence-electron chi connectivity index (χ0n) is 17.0. The van der Waals surface area contributed by atoms with E-state index in [1.54, 1.807) is 0 Å². The molecule has 2 heterocycles. The average Bonchev–Trinajstić information content (AvgIpc) is 2.76. The molecule has 4 rings (SSSR count). The summed E-state index contributed by atoms with van der Waals surface area (Å²) in [6.07, 6.45) is 12.6. The first kappa shape index (κ1) is 20.0. The molecule has 0 bridgehead atoms. The molecule has 28 heavy (non-hydrogen) atoms. The van der Waals surface area contributed by atoms with Gasteiger partial charge in [0, 0.05) is 30.7 Å². The number of carbonyl (C=O) groups excluding carboxylic acids is 1. The quantitative estimate of drug-likeness (QED) is 0.752. The Labute approximate surface area is 174 Å². The summed E-state index contributed by atoms with van der Waals surface area (Å²) in [5, 5.41) is 4.24. The highest BCUT2D eigenvalue weighted by Gasteiger charge is 2.28. The normalized spacial score (nSPS) is 23.0. The second-order valence-electron chi connectivity index (χ2n) is 8.79. The molecule has 1 aromatic carbocycles. The van der Waals surface area contributed by atoms with Gasteiger partial charge in [-0.25, -0.2) is 0 Å². The average molecular weight is 404 g/mol. The van der Waals surface area contributed by atoms with Crippen molar-refractivity contribution in [2.24, 2.45) is 0 Å². The molecule has 0 aromatic heterocycles. The van der Waals surface area contributed by atoms with E-state index in [0.717, 1.165) is 37.2 Å². The summed E-state index contributed by atoms with van der Waals surface area (Å²) in [5.74, 6) is 0.128. The summed E-state index contributed by atoms with van der Waals surface area (Å²) in [7, 11) is 0. The van der Waals surface area contributed by atoms with Crippen LogP contribution in [-0.2, 0) is 0 Å². The van der Waals surface area contributed by atoms with Gasteiger partial charge in [-0.3, -0.25) is 4.79 Å². The highest BCUT2D eigenvalue weighted by molar-refractivity contribution is 6.33. The van der Waals surface area contributed by atoms with Gasteiger partial charge in [0.15, 0.2) is 0 Å². The molecule has 1 aromatic rings. The maximum Gasteiger partial charge on any atom is 0.253 e. The van der Waals surface area contributed by atoms with Crippen LogP contribution in [0.3, 0.4) is 0 Å². The van der Waals surface area contributed by atoms with E-state index in [1.165, 1.54) is 64.5 Å². The molecular formula is C23H34ClN3O. The molecule has 5 heteroatoms. The molecule has 0 unspecified atom stereocenters. The van der Waals surface area contributed by atoms with Crippen LogP contribution in [-0.4, -0.2) is 54.0 Å². The number of rotatable bonds is 4. The number of amides is 1. The van der Waals surface area contributed by atoms with Crippen molar-refractivity contribution in [1.29, 1.82) is 0 Å². The number of carbonyl (C=O) groups is 1. The van der Waals surface area contributed by atoms with Crippen LogP contribution in [0.1, 0.15) is 74.6 Å². The minimum Gasteiger partial charge on any atom is -0.381 e. The zero-order chi connectivity index (χ0) is 19.3. The molecule has 1 N–H and O–H groups in total. The van der Waals surface area contributed by atoms with E-state index in [-0.39, 0.29) is 5.91 Å². The highest BCUT2D eigenvalue weighted by atomic mass is 35.5. The van der Waals surface area contributed by atoms with Gasteiger partial charge in [0.1, 0.15) is 0 Å². The van der Waals surface area contributed by atoms with Crippen LogP contribution < -0.4 is 5.32 Å². The second-order valence-corrected chi connectivity index (χ2v) is 9.20. The number of halogens is 1. The Balaban J connectivity index is 1.32. The molecule has 4 nitrogen and oxygen atoms in total. The smallest absolute Gasteiger partial charge is 0.253 e. The van der Waals surface area contributed by atoms with Gasteiger partial charge in [-0.05, 0) is 69.8 Å². The molecule has 0 spiro atoms. The fourth-order valence-electron chi connectivity index (χ4n) is 5.13. The first-order valence-corrected chi connectivity index (χ1v) is 11.7. The lowest BCUT2D eigenvalue weighted by molar-refractivity contribution is 0.0590. The van der Waals surface area contributed by atoms with Crippen molar-refractivity contribution < 1.29 is 4.79 Å². The summed E-state index contributed by atoms with van der Waals surface area (Å²) in [6.45, 7) is 4.20. The molecular weight excluding hydrogens is 370 g/mol. The number of anilines is 1. The number of benzene rings is 1. The first-order chi connectivity index (χ1) is 13.7. The van der Waals surface area contributed by atoms with Gasteiger partial charge in [0.2, 0.25) is 0 Å². The highest BCUT2D eigenvalue weighted by Crippen LogP contribution is 2.29. The fourth-order valence-corrected chi connectivity index (χ4v) is 5.37. The van der Waals surface area contributed by atoms with Crippen LogP contribution in [0.5, 0.6) is 0 Å². The Hall–Kier alpha value is -1.26. The Morgan fingerprint density at radius 3 is 2.25 bits per heavy atom. The Morgan fingerprint density at radius 1 is 0.893 bits per heavy atom. The molecule has 1 saturated carbocycles. The van der Waals surface area contributed by atoms with Gasteiger partial charge >= 0.3 is 0 Å². The lowest BCUT2D eigenvalue weighted by atomic mass is 9.95. The van der Waals surface area contributed by atoms with Crippen molar-refractivity contribution in [3.8, 4) is 0 Å². The molecule has 1 amide bonds. The molecule has 2 saturated heterocycles. The summed E-state index contributed by atoms with van der Waals surface area (Å²) in [6, 6.07) is 6.96. The number of hydrogen-bond acceptors (Lipinski definition) is 3. The van der Waals surface area contributed by atoms with Crippen molar-refractivity contribution in [1.82, 2.24) is 9.80 Å². The van der Waals surface area contributed by atoms with Crippen LogP contribution in [0, 0.1) is 0 Å². The number of nitrogens with zero attached hydrogens (tertiary/aromatic N) is 2. The van der Waals surface area contributed by atoms with Gasteiger partial charge in [0.25, 0.3) is 5.91 Å². The van der Waals surface area contributed by atoms with Crippen LogP contribution in [0.25, 0.3) is 0 Å². The predicted octanol–water partition coefficient (Wildman–Crippen LogP) is 5.18. The lowest BCUT2D eigenvalue weighted by Crippen LogP contribution is -2.48. The van der Waals surface area contributed by atoms with Gasteiger partial charge in [0.05, 0.1) is 10.7 Å². The van der Waals surface area contributed by atoms with Crippen molar-refractivity contribution in [2.75, 3.05) is 31.5 Å². The van der Waals surface area contributed by atoms with Crippen molar-refractivity contribution in [3.63, 3.8) is 0 Å². The van der Waals surface area contributed by atoms with E-state index in [0.29, 0.717) is 17.1 Å². The molecule has 3 fully saturated rings. The number of hydrogen-bond donors (Lipinski definition) is 1. The van der Waals surface area contributed by atoms with E-state index in [2.05, 4.69) is 10.2 Å². The minimum atomic E-state index is 0.128. The molecule has 0 atom stereocenters. The Morgan fingerprint density at radius 2 is 1.57 bits per heavy atom. The molecule has 0 radical (unpaired) electrons. The summed E-state index contributed by atoms with van der Waals surface area (Å²) in [5.41, 5.74) is 1.68. The molecule has 2 aliphatic heterocycles.